The van der Waals surface area contributed by atoms with Gasteiger partial charge in [-0.2, -0.15) is 5.10 Å². The van der Waals surface area contributed by atoms with Crippen molar-refractivity contribution in [3.8, 4) is 10.6 Å². The van der Waals surface area contributed by atoms with Gasteiger partial charge in [-0.05, 0) is 18.9 Å². The van der Waals surface area contributed by atoms with E-state index in [0.29, 0.717) is 13.1 Å². The molecule has 7 nitrogen and oxygen atoms in total. The molecule has 0 radical (unpaired) electrons. The summed E-state index contributed by atoms with van der Waals surface area (Å²) in [6, 6.07) is 0. The number of hydrogen-bond acceptors (Lipinski definition) is 6. The molecule has 1 aliphatic heterocycles. The van der Waals surface area contributed by atoms with Gasteiger partial charge < -0.3 is 10.6 Å². The second-order valence-corrected chi connectivity index (χ2v) is 7.79. The van der Waals surface area contributed by atoms with E-state index in [2.05, 4.69) is 16.7 Å². The molecular weight excluding hydrogens is 360 g/mol. The third-order valence-electron chi connectivity index (χ3n) is 5.01. The SMILES string of the molecule is C=CC(=O)N1CCC[C@H](c2cnc(CN)c3sc(-c4cnn(C)c4)nc23)C1. The third-order valence-corrected chi connectivity index (χ3v) is 6.17. The van der Waals surface area contributed by atoms with Gasteiger partial charge in [-0.1, -0.05) is 6.58 Å². The van der Waals surface area contributed by atoms with Crippen molar-refractivity contribution in [1.82, 2.24) is 24.6 Å². The molecule has 3 aromatic rings. The van der Waals surface area contributed by atoms with Gasteiger partial charge in [0.15, 0.2) is 0 Å². The number of carbonyl (C=O) groups is 1. The number of rotatable bonds is 4. The number of likely N-dealkylation sites (tertiary alicyclic amines) is 1. The smallest absolute Gasteiger partial charge is 0.245 e. The molecule has 1 aliphatic rings. The molecular formula is C19H22N6OS. The van der Waals surface area contributed by atoms with Crippen LogP contribution in [-0.2, 0) is 18.4 Å². The summed E-state index contributed by atoms with van der Waals surface area (Å²) in [6.45, 7) is 5.43. The molecule has 3 aromatic heterocycles. The number of thiazole rings is 1. The zero-order chi connectivity index (χ0) is 19.0. The number of pyridine rings is 1. The van der Waals surface area contributed by atoms with Crippen LogP contribution in [0.4, 0.5) is 0 Å². The molecule has 0 bridgehead atoms. The Balaban J connectivity index is 1.77. The number of nitrogens with zero attached hydrogens (tertiary/aromatic N) is 5. The number of nitrogens with two attached hydrogens (primary N) is 1. The van der Waals surface area contributed by atoms with Crippen molar-refractivity contribution in [3.63, 3.8) is 0 Å². The molecule has 2 N–H and O–H groups in total. The fourth-order valence-corrected chi connectivity index (χ4v) is 4.71. The van der Waals surface area contributed by atoms with E-state index in [9.17, 15) is 4.79 Å². The summed E-state index contributed by atoms with van der Waals surface area (Å²) in [5, 5.41) is 5.16. The summed E-state index contributed by atoms with van der Waals surface area (Å²) < 4.78 is 2.80. The van der Waals surface area contributed by atoms with Crippen LogP contribution in [0.1, 0.15) is 30.0 Å². The fourth-order valence-electron chi connectivity index (χ4n) is 3.64. The molecule has 4 rings (SSSR count). The maximum Gasteiger partial charge on any atom is 0.245 e. The number of piperidine rings is 1. The molecule has 0 aliphatic carbocycles. The number of carbonyl (C=O) groups excluding carboxylic acids is 1. The van der Waals surface area contributed by atoms with Gasteiger partial charge in [-0.15, -0.1) is 11.3 Å². The van der Waals surface area contributed by atoms with Gasteiger partial charge >= 0.3 is 0 Å². The van der Waals surface area contributed by atoms with Crippen LogP contribution in [0.5, 0.6) is 0 Å². The molecule has 140 valence electrons. The highest BCUT2D eigenvalue weighted by Gasteiger charge is 2.27. The molecule has 1 saturated heterocycles. The summed E-state index contributed by atoms with van der Waals surface area (Å²) >= 11 is 1.60. The second-order valence-electron chi connectivity index (χ2n) is 6.79. The van der Waals surface area contributed by atoms with Crippen molar-refractivity contribution < 1.29 is 4.79 Å². The molecule has 1 atom stereocenters. The molecule has 0 aromatic carbocycles. The third kappa shape index (κ3) is 3.26. The van der Waals surface area contributed by atoms with E-state index in [1.54, 1.807) is 16.0 Å². The predicted molar refractivity (Wildman–Crippen MR) is 106 cm³/mol. The molecule has 4 heterocycles. The Hall–Kier alpha value is -2.58. The Labute approximate surface area is 161 Å². The van der Waals surface area contributed by atoms with Crippen molar-refractivity contribution >= 4 is 27.5 Å². The van der Waals surface area contributed by atoms with Gasteiger partial charge in [-0.25, -0.2) is 4.98 Å². The van der Waals surface area contributed by atoms with Gasteiger partial charge in [-0.3, -0.25) is 14.5 Å². The first-order valence-electron chi connectivity index (χ1n) is 8.99. The quantitative estimate of drug-likeness (QED) is 0.700. The molecule has 8 heteroatoms. The van der Waals surface area contributed by atoms with Crippen molar-refractivity contribution in [2.75, 3.05) is 13.1 Å². The lowest BCUT2D eigenvalue weighted by Crippen LogP contribution is -2.38. The first kappa shape index (κ1) is 17.8. The van der Waals surface area contributed by atoms with Crippen LogP contribution in [0.3, 0.4) is 0 Å². The molecule has 0 spiro atoms. The fraction of sp³-hybridized carbons (Fsp3) is 0.368. The molecule has 27 heavy (non-hydrogen) atoms. The highest BCUT2D eigenvalue weighted by molar-refractivity contribution is 7.21. The summed E-state index contributed by atoms with van der Waals surface area (Å²) in [4.78, 5) is 23.4. The van der Waals surface area contributed by atoms with Gasteiger partial charge in [0, 0.05) is 56.1 Å². The minimum atomic E-state index is -0.0168. The predicted octanol–water partition coefficient (Wildman–Crippen LogP) is 2.44. The normalized spacial score (nSPS) is 17.4. The lowest BCUT2D eigenvalue weighted by atomic mass is 9.90. The van der Waals surface area contributed by atoms with Crippen LogP contribution in [-0.4, -0.2) is 43.6 Å². The van der Waals surface area contributed by atoms with Crippen LogP contribution >= 0.6 is 11.3 Å². The van der Waals surface area contributed by atoms with Gasteiger partial charge in [0.2, 0.25) is 5.91 Å². The van der Waals surface area contributed by atoms with E-state index in [-0.39, 0.29) is 11.8 Å². The van der Waals surface area contributed by atoms with Crippen LogP contribution in [0.2, 0.25) is 0 Å². The minimum absolute atomic E-state index is 0.0168. The highest BCUT2D eigenvalue weighted by atomic mass is 32.1. The van der Waals surface area contributed by atoms with Crippen LogP contribution < -0.4 is 5.73 Å². The number of fused-ring (bicyclic) bond motifs is 1. The molecule has 0 saturated carbocycles. The monoisotopic (exact) mass is 382 g/mol. The maximum absolute atomic E-state index is 12.1. The average molecular weight is 382 g/mol. The Morgan fingerprint density at radius 1 is 1.48 bits per heavy atom. The van der Waals surface area contributed by atoms with Crippen LogP contribution in [0.15, 0.2) is 31.2 Å². The highest BCUT2D eigenvalue weighted by Crippen LogP contribution is 2.37. The van der Waals surface area contributed by atoms with Crippen molar-refractivity contribution in [2.45, 2.75) is 25.3 Å². The Bertz CT molecular complexity index is 1010. The molecule has 1 fully saturated rings. The number of amides is 1. The molecule has 0 unspecified atom stereocenters. The zero-order valence-electron chi connectivity index (χ0n) is 15.3. The number of aryl methyl sites for hydroxylation is 1. The minimum Gasteiger partial charge on any atom is -0.339 e. The summed E-state index contributed by atoms with van der Waals surface area (Å²) in [5.74, 6) is 0.199. The van der Waals surface area contributed by atoms with E-state index in [0.717, 1.165) is 51.4 Å². The first-order valence-corrected chi connectivity index (χ1v) is 9.81. The lowest BCUT2D eigenvalue weighted by Gasteiger charge is -2.32. The van der Waals surface area contributed by atoms with Gasteiger partial charge in [0.25, 0.3) is 0 Å². The summed E-state index contributed by atoms with van der Waals surface area (Å²) in [6.07, 6.45) is 9.03. The lowest BCUT2D eigenvalue weighted by molar-refractivity contribution is -0.127. The van der Waals surface area contributed by atoms with Gasteiger partial charge in [0.05, 0.1) is 22.1 Å². The second kappa shape index (κ2) is 7.21. The first-order chi connectivity index (χ1) is 13.1. The topological polar surface area (TPSA) is 89.9 Å². The van der Waals surface area contributed by atoms with Crippen molar-refractivity contribution in [1.29, 1.82) is 0 Å². The Morgan fingerprint density at radius 3 is 3.04 bits per heavy atom. The summed E-state index contributed by atoms with van der Waals surface area (Å²) in [5.41, 5.74) is 9.80. The van der Waals surface area contributed by atoms with E-state index >= 15 is 0 Å². The Morgan fingerprint density at radius 2 is 2.33 bits per heavy atom. The number of aromatic nitrogens is 4. The van der Waals surface area contributed by atoms with Crippen LogP contribution in [0.25, 0.3) is 20.8 Å². The van der Waals surface area contributed by atoms with Crippen LogP contribution in [0, 0.1) is 0 Å². The van der Waals surface area contributed by atoms with E-state index in [1.807, 2.05) is 30.5 Å². The van der Waals surface area contributed by atoms with Crippen molar-refractivity contribution in [2.24, 2.45) is 12.8 Å². The van der Waals surface area contributed by atoms with Crippen molar-refractivity contribution in [3.05, 3.63) is 42.5 Å². The zero-order valence-corrected chi connectivity index (χ0v) is 16.1. The Kier molecular flexibility index (Phi) is 4.75. The summed E-state index contributed by atoms with van der Waals surface area (Å²) in [7, 11) is 1.89. The standard InChI is InChI=1S/C19H22N6OS/c1-3-16(26)25-6-4-5-12(11-25)14-9-21-15(7-20)18-17(14)23-19(27-18)13-8-22-24(2)10-13/h3,8-10,12H,1,4-7,11,20H2,2H3/t12-/m0/s1. The number of hydrogen-bond donors (Lipinski definition) is 1. The molecule has 1 amide bonds. The van der Waals surface area contributed by atoms with Gasteiger partial charge in [0.1, 0.15) is 5.01 Å². The van der Waals surface area contributed by atoms with E-state index in [4.69, 9.17) is 10.7 Å². The van der Waals surface area contributed by atoms with E-state index < -0.39 is 0 Å². The largest absolute Gasteiger partial charge is 0.339 e. The average Bonchev–Trinajstić information content (AvgIpc) is 3.33. The maximum atomic E-state index is 12.1. The van der Waals surface area contributed by atoms with E-state index in [1.165, 1.54) is 6.08 Å².